The third-order valence-corrected chi connectivity index (χ3v) is 3.29. The minimum Gasteiger partial charge on any atom is -0.387 e. The van der Waals surface area contributed by atoms with Crippen molar-refractivity contribution in [3.8, 4) is 0 Å². The minimum atomic E-state index is 0.625. The first kappa shape index (κ1) is 8.09. The molecule has 0 bridgehead atoms. The van der Waals surface area contributed by atoms with Gasteiger partial charge in [0.2, 0.25) is 0 Å². The molecule has 68 valence electrons. The van der Waals surface area contributed by atoms with Crippen molar-refractivity contribution < 1.29 is 0 Å². The van der Waals surface area contributed by atoms with E-state index in [1.807, 2.05) is 0 Å². The van der Waals surface area contributed by atoms with Crippen LogP contribution in [0.5, 0.6) is 0 Å². The number of nitrogens with zero attached hydrogens (tertiary/aromatic N) is 1. The maximum atomic E-state index is 5.68. The van der Waals surface area contributed by atoms with Gasteiger partial charge in [-0.2, -0.15) is 0 Å². The first-order valence-electron chi connectivity index (χ1n) is 5.06. The van der Waals surface area contributed by atoms with E-state index in [1.54, 1.807) is 0 Å². The monoisotopic (exact) mass is 166 g/mol. The van der Waals surface area contributed by atoms with Crippen molar-refractivity contribution in [3.63, 3.8) is 0 Å². The molecule has 2 nitrogen and oxygen atoms in total. The Kier molecular flexibility index (Phi) is 1.85. The quantitative estimate of drug-likeness (QED) is 0.503. The lowest BCUT2D eigenvalue weighted by atomic mass is 10.0. The summed E-state index contributed by atoms with van der Waals surface area (Å²) >= 11 is 0. The van der Waals surface area contributed by atoms with Crippen molar-refractivity contribution >= 4 is 5.84 Å². The Bertz CT molecular complexity index is 200. The smallest absolute Gasteiger partial charge is 0.0934 e. The summed E-state index contributed by atoms with van der Waals surface area (Å²) in [7, 11) is 0. The summed E-state index contributed by atoms with van der Waals surface area (Å²) in [5, 5.41) is 0. The molecule has 2 aliphatic carbocycles. The van der Waals surface area contributed by atoms with Gasteiger partial charge >= 0.3 is 0 Å². The highest BCUT2D eigenvalue weighted by atomic mass is 14.9. The number of hydrogen-bond donors (Lipinski definition) is 1. The van der Waals surface area contributed by atoms with E-state index in [2.05, 4.69) is 11.9 Å². The SMILES string of the molecule is CCC(N)=NCC1(C2CC2)CC1. The summed E-state index contributed by atoms with van der Waals surface area (Å²) < 4.78 is 0. The molecule has 2 saturated carbocycles. The predicted octanol–water partition coefficient (Wildman–Crippen LogP) is 1.94. The second kappa shape index (κ2) is 2.75. The van der Waals surface area contributed by atoms with Gasteiger partial charge in [0.1, 0.15) is 0 Å². The lowest BCUT2D eigenvalue weighted by Crippen LogP contribution is -2.15. The van der Waals surface area contributed by atoms with Crippen LogP contribution in [-0.4, -0.2) is 12.4 Å². The standard InChI is InChI=1S/C10H18N2/c1-2-9(11)12-7-10(5-6-10)8-3-4-8/h8H,2-7H2,1H3,(H2,11,12). The summed E-state index contributed by atoms with van der Waals surface area (Å²) in [5.41, 5.74) is 6.30. The van der Waals surface area contributed by atoms with Gasteiger partial charge in [0.25, 0.3) is 0 Å². The van der Waals surface area contributed by atoms with Gasteiger partial charge in [0, 0.05) is 13.0 Å². The molecule has 0 heterocycles. The zero-order valence-electron chi connectivity index (χ0n) is 7.84. The molecule has 0 amide bonds. The van der Waals surface area contributed by atoms with E-state index in [0.717, 1.165) is 24.7 Å². The molecule has 2 heteroatoms. The van der Waals surface area contributed by atoms with Crippen LogP contribution in [0, 0.1) is 11.3 Å². The van der Waals surface area contributed by atoms with Gasteiger partial charge < -0.3 is 5.73 Å². The van der Waals surface area contributed by atoms with Crippen molar-refractivity contribution in [2.24, 2.45) is 22.1 Å². The summed E-state index contributed by atoms with van der Waals surface area (Å²) in [6.45, 7) is 3.08. The first-order chi connectivity index (χ1) is 5.77. The van der Waals surface area contributed by atoms with Crippen LogP contribution in [0.25, 0.3) is 0 Å². The molecule has 0 aromatic heterocycles. The van der Waals surface area contributed by atoms with Crippen LogP contribution in [0.4, 0.5) is 0 Å². The van der Waals surface area contributed by atoms with Crippen LogP contribution < -0.4 is 5.73 Å². The molecule has 0 aliphatic heterocycles. The number of amidine groups is 1. The van der Waals surface area contributed by atoms with Gasteiger partial charge in [-0.3, -0.25) is 4.99 Å². The molecule has 2 N–H and O–H groups in total. The van der Waals surface area contributed by atoms with E-state index in [9.17, 15) is 0 Å². The molecule has 0 aromatic carbocycles. The Balaban J connectivity index is 1.86. The second-order valence-electron chi connectivity index (χ2n) is 4.30. The second-order valence-corrected chi connectivity index (χ2v) is 4.30. The van der Waals surface area contributed by atoms with Gasteiger partial charge in [-0.05, 0) is 37.0 Å². The van der Waals surface area contributed by atoms with Crippen molar-refractivity contribution in [3.05, 3.63) is 0 Å². The van der Waals surface area contributed by atoms with E-state index in [1.165, 1.54) is 25.7 Å². The highest BCUT2D eigenvalue weighted by Crippen LogP contribution is 2.61. The molecule has 0 unspecified atom stereocenters. The van der Waals surface area contributed by atoms with Crippen LogP contribution in [-0.2, 0) is 0 Å². The Labute approximate surface area is 74.2 Å². The average molecular weight is 166 g/mol. The summed E-state index contributed by atoms with van der Waals surface area (Å²) in [5.74, 6) is 1.84. The van der Waals surface area contributed by atoms with Gasteiger partial charge in [-0.25, -0.2) is 0 Å². The Hall–Kier alpha value is -0.530. The van der Waals surface area contributed by atoms with E-state index in [-0.39, 0.29) is 0 Å². The zero-order valence-corrected chi connectivity index (χ0v) is 7.84. The molecular formula is C10H18N2. The Morgan fingerprint density at radius 2 is 2.17 bits per heavy atom. The molecule has 2 rings (SSSR count). The van der Waals surface area contributed by atoms with Crippen LogP contribution >= 0.6 is 0 Å². The van der Waals surface area contributed by atoms with Crippen molar-refractivity contribution in [2.75, 3.05) is 6.54 Å². The van der Waals surface area contributed by atoms with Crippen molar-refractivity contribution in [1.82, 2.24) is 0 Å². The molecule has 0 radical (unpaired) electrons. The van der Waals surface area contributed by atoms with Gasteiger partial charge in [-0.15, -0.1) is 0 Å². The van der Waals surface area contributed by atoms with E-state index in [0.29, 0.717) is 5.41 Å². The highest BCUT2D eigenvalue weighted by molar-refractivity contribution is 5.79. The van der Waals surface area contributed by atoms with Crippen LogP contribution in [0.1, 0.15) is 39.0 Å². The topological polar surface area (TPSA) is 38.4 Å². The fourth-order valence-electron chi connectivity index (χ4n) is 1.92. The van der Waals surface area contributed by atoms with Crippen molar-refractivity contribution in [1.29, 1.82) is 0 Å². The summed E-state index contributed by atoms with van der Waals surface area (Å²) in [6, 6.07) is 0. The lowest BCUT2D eigenvalue weighted by molar-refractivity contribution is 0.453. The maximum Gasteiger partial charge on any atom is 0.0934 e. The van der Waals surface area contributed by atoms with Crippen LogP contribution in [0.3, 0.4) is 0 Å². The highest BCUT2D eigenvalue weighted by Gasteiger charge is 2.53. The Morgan fingerprint density at radius 1 is 1.50 bits per heavy atom. The first-order valence-corrected chi connectivity index (χ1v) is 5.06. The minimum absolute atomic E-state index is 0.625. The number of hydrogen-bond acceptors (Lipinski definition) is 1. The van der Waals surface area contributed by atoms with Crippen LogP contribution in [0.15, 0.2) is 4.99 Å². The molecule has 0 saturated heterocycles. The predicted molar refractivity (Wildman–Crippen MR) is 51.2 cm³/mol. The molecule has 12 heavy (non-hydrogen) atoms. The van der Waals surface area contributed by atoms with E-state index < -0.39 is 0 Å². The summed E-state index contributed by atoms with van der Waals surface area (Å²) in [6.07, 6.45) is 6.60. The average Bonchev–Trinajstić information content (AvgIpc) is 2.88. The van der Waals surface area contributed by atoms with Crippen LogP contribution in [0.2, 0.25) is 0 Å². The van der Waals surface area contributed by atoms with Gasteiger partial charge in [-0.1, -0.05) is 6.92 Å². The van der Waals surface area contributed by atoms with E-state index in [4.69, 9.17) is 5.73 Å². The molecule has 2 aliphatic rings. The van der Waals surface area contributed by atoms with Crippen molar-refractivity contribution in [2.45, 2.75) is 39.0 Å². The molecule has 0 atom stereocenters. The molecule has 2 fully saturated rings. The lowest BCUT2D eigenvalue weighted by Gasteiger charge is -2.10. The van der Waals surface area contributed by atoms with Gasteiger partial charge in [0.05, 0.1) is 5.84 Å². The Morgan fingerprint density at radius 3 is 2.58 bits per heavy atom. The largest absolute Gasteiger partial charge is 0.387 e. The molecular weight excluding hydrogens is 148 g/mol. The fourth-order valence-corrected chi connectivity index (χ4v) is 1.92. The zero-order chi connectivity index (χ0) is 8.60. The summed E-state index contributed by atoms with van der Waals surface area (Å²) in [4.78, 5) is 4.43. The fraction of sp³-hybridized carbons (Fsp3) is 0.900. The number of nitrogens with two attached hydrogens (primary N) is 1. The third kappa shape index (κ3) is 1.47. The normalized spacial score (nSPS) is 27.2. The van der Waals surface area contributed by atoms with E-state index >= 15 is 0 Å². The molecule has 0 aromatic rings. The third-order valence-electron chi connectivity index (χ3n) is 3.29. The molecule has 0 spiro atoms. The number of rotatable bonds is 4. The number of aliphatic imine (C=N–C) groups is 1. The van der Waals surface area contributed by atoms with Gasteiger partial charge in [0.15, 0.2) is 0 Å². The maximum absolute atomic E-state index is 5.68.